The zero-order valence-electron chi connectivity index (χ0n) is 19.3. The van der Waals surface area contributed by atoms with Crippen molar-refractivity contribution in [2.75, 3.05) is 23.7 Å². The van der Waals surface area contributed by atoms with Gasteiger partial charge in [-0.15, -0.1) is 0 Å². The standard InChI is InChI=1S/C25H22F4N6O/c1-14-2-5-19(26)15(8-14)10-33-6-7-35(25(33)36)16-3-4-17(20(27)9-16)18-11-34(12-21(28)29)24-22(18)23(30)31-13-32-24/h2-5,8-9,11,13,21H,6-7,10,12H2,1H3,(H2,30,31,32). The van der Waals surface area contributed by atoms with Crippen LogP contribution in [0.2, 0.25) is 0 Å². The van der Waals surface area contributed by atoms with Crippen LogP contribution in [0.5, 0.6) is 0 Å². The van der Waals surface area contributed by atoms with E-state index >= 15 is 4.39 Å². The fraction of sp³-hybridized carbons (Fsp3) is 0.240. The molecule has 2 aromatic heterocycles. The second-order valence-electron chi connectivity index (χ2n) is 8.66. The van der Waals surface area contributed by atoms with Gasteiger partial charge in [-0.1, -0.05) is 17.7 Å². The van der Waals surface area contributed by atoms with Crippen LogP contribution in [-0.2, 0) is 13.1 Å². The van der Waals surface area contributed by atoms with Crippen LogP contribution < -0.4 is 10.6 Å². The van der Waals surface area contributed by atoms with E-state index in [1.54, 1.807) is 18.2 Å². The van der Waals surface area contributed by atoms with Gasteiger partial charge in [0.1, 0.15) is 29.4 Å². The van der Waals surface area contributed by atoms with Crippen molar-refractivity contribution in [1.82, 2.24) is 19.4 Å². The van der Waals surface area contributed by atoms with Gasteiger partial charge in [0.2, 0.25) is 0 Å². The summed E-state index contributed by atoms with van der Waals surface area (Å²) in [5.74, 6) is -1.01. The van der Waals surface area contributed by atoms with Crippen molar-refractivity contribution in [3.63, 3.8) is 0 Å². The summed E-state index contributed by atoms with van der Waals surface area (Å²) in [6.07, 6.45) is -0.107. The van der Waals surface area contributed by atoms with Gasteiger partial charge in [0.15, 0.2) is 0 Å². The van der Waals surface area contributed by atoms with Crippen molar-refractivity contribution in [3.05, 3.63) is 71.7 Å². The van der Waals surface area contributed by atoms with Gasteiger partial charge in [-0.25, -0.2) is 32.3 Å². The number of amides is 2. The topological polar surface area (TPSA) is 80.3 Å². The number of anilines is 2. The number of alkyl halides is 2. The Kier molecular flexibility index (Phi) is 5.99. The number of carbonyl (C=O) groups is 1. The number of nitrogens with two attached hydrogens (primary N) is 1. The van der Waals surface area contributed by atoms with E-state index in [2.05, 4.69) is 9.97 Å². The molecule has 1 fully saturated rings. The molecule has 1 saturated heterocycles. The number of fused-ring (bicyclic) bond motifs is 1. The van der Waals surface area contributed by atoms with Crippen molar-refractivity contribution in [3.8, 4) is 11.1 Å². The average molecular weight is 498 g/mol. The van der Waals surface area contributed by atoms with E-state index in [0.29, 0.717) is 24.3 Å². The molecular formula is C25H22F4N6O. The molecule has 2 amide bonds. The van der Waals surface area contributed by atoms with Gasteiger partial charge in [-0.2, -0.15) is 0 Å². The summed E-state index contributed by atoms with van der Waals surface area (Å²) in [5, 5.41) is 0.272. The summed E-state index contributed by atoms with van der Waals surface area (Å²) < 4.78 is 56.9. The third-order valence-corrected chi connectivity index (χ3v) is 6.23. The molecule has 0 unspecified atom stereocenters. The number of nitrogens with zero attached hydrogens (tertiary/aromatic N) is 5. The quantitative estimate of drug-likeness (QED) is 0.381. The molecule has 5 rings (SSSR count). The lowest BCUT2D eigenvalue weighted by Crippen LogP contribution is -2.31. The third-order valence-electron chi connectivity index (χ3n) is 6.23. The molecule has 2 aromatic carbocycles. The van der Waals surface area contributed by atoms with Crippen molar-refractivity contribution in [1.29, 1.82) is 0 Å². The predicted octanol–water partition coefficient (Wildman–Crippen LogP) is 4.97. The van der Waals surface area contributed by atoms with Crippen LogP contribution in [-0.4, -0.2) is 45.0 Å². The first-order valence-electron chi connectivity index (χ1n) is 11.2. The second kappa shape index (κ2) is 9.14. The maximum Gasteiger partial charge on any atom is 0.324 e. The van der Waals surface area contributed by atoms with E-state index in [1.165, 1.54) is 38.8 Å². The maximum atomic E-state index is 15.3. The van der Waals surface area contributed by atoms with E-state index in [-0.39, 0.29) is 40.6 Å². The van der Waals surface area contributed by atoms with E-state index in [9.17, 15) is 18.0 Å². The van der Waals surface area contributed by atoms with Crippen molar-refractivity contribution < 1.29 is 22.4 Å². The number of halogens is 4. The molecule has 0 radical (unpaired) electrons. The molecule has 0 aliphatic carbocycles. The Labute approximate surface area is 203 Å². The molecule has 11 heteroatoms. The minimum atomic E-state index is -2.64. The number of nitrogen functional groups attached to an aromatic ring is 1. The molecule has 7 nitrogen and oxygen atoms in total. The molecule has 1 aliphatic rings. The highest BCUT2D eigenvalue weighted by molar-refractivity contribution is 6.01. The highest BCUT2D eigenvalue weighted by Crippen LogP contribution is 2.36. The fourth-order valence-electron chi connectivity index (χ4n) is 4.53. The molecule has 3 heterocycles. The molecule has 4 aromatic rings. The first kappa shape index (κ1) is 23.6. The summed E-state index contributed by atoms with van der Waals surface area (Å²) in [6, 6.07) is 8.60. The molecule has 2 N–H and O–H groups in total. The first-order valence-corrected chi connectivity index (χ1v) is 11.2. The fourth-order valence-corrected chi connectivity index (χ4v) is 4.53. The molecule has 186 valence electrons. The highest BCUT2D eigenvalue weighted by atomic mass is 19.3. The van der Waals surface area contributed by atoms with Gasteiger partial charge in [0.25, 0.3) is 6.43 Å². The summed E-state index contributed by atoms with van der Waals surface area (Å²) in [5.41, 5.74) is 8.16. The Morgan fingerprint density at radius 1 is 1.03 bits per heavy atom. The Hall–Kier alpha value is -4.15. The van der Waals surface area contributed by atoms with Gasteiger partial charge in [0.05, 0.1) is 18.5 Å². The molecule has 1 aliphatic heterocycles. The van der Waals surface area contributed by atoms with Crippen LogP contribution in [0.25, 0.3) is 22.2 Å². The monoisotopic (exact) mass is 498 g/mol. The lowest BCUT2D eigenvalue weighted by atomic mass is 10.0. The molecule has 0 saturated carbocycles. The zero-order chi connectivity index (χ0) is 25.6. The normalized spacial score (nSPS) is 14.0. The van der Waals surface area contributed by atoms with E-state index in [1.807, 2.05) is 6.92 Å². The molecule has 36 heavy (non-hydrogen) atoms. The smallest absolute Gasteiger partial charge is 0.324 e. The van der Waals surface area contributed by atoms with Crippen LogP contribution in [0, 0.1) is 18.6 Å². The third kappa shape index (κ3) is 4.21. The largest absolute Gasteiger partial charge is 0.383 e. The molecule has 0 bridgehead atoms. The minimum absolute atomic E-state index is 0.0419. The Morgan fingerprint density at radius 3 is 2.58 bits per heavy atom. The number of urea groups is 1. The number of hydrogen-bond acceptors (Lipinski definition) is 4. The number of hydrogen-bond donors (Lipinski definition) is 1. The molecule has 0 atom stereocenters. The van der Waals surface area contributed by atoms with Crippen LogP contribution in [0.15, 0.2) is 48.9 Å². The van der Waals surface area contributed by atoms with Gasteiger partial charge >= 0.3 is 6.03 Å². The van der Waals surface area contributed by atoms with Gasteiger partial charge < -0.3 is 15.2 Å². The second-order valence-corrected chi connectivity index (χ2v) is 8.66. The van der Waals surface area contributed by atoms with Gasteiger partial charge in [-0.3, -0.25) is 4.90 Å². The van der Waals surface area contributed by atoms with E-state index in [4.69, 9.17) is 5.73 Å². The summed E-state index contributed by atoms with van der Waals surface area (Å²) in [6.45, 7) is 1.97. The van der Waals surface area contributed by atoms with E-state index < -0.39 is 24.6 Å². The summed E-state index contributed by atoms with van der Waals surface area (Å²) >= 11 is 0. The number of aromatic nitrogens is 3. The number of aryl methyl sites for hydroxylation is 1. The summed E-state index contributed by atoms with van der Waals surface area (Å²) in [7, 11) is 0. The predicted molar refractivity (Wildman–Crippen MR) is 128 cm³/mol. The lowest BCUT2D eigenvalue weighted by molar-refractivity contribution is 0.128. The van der Waals surface area contributed by atoms with Crippen molar-refractivity contribution in [2.24, 2.45) is 0 Å². The zero-order valence-corrected chi connectivity index (χ0v) is 19.3. The Bertz CT molecular complexity index is 1470. The van der Waals surface area contributed by atoms with Gasteiger partial charge in [-0.05, 0) is 31.2 Å². The maximum absolute atomic E-state index is 15.3. The number of benzene rings is 2. The average Bonchev–Trinajstić information content (AvgIpc) is 3.37. The van der Waals surface area contributed by atoms with E-state index in [0.717, 1.165) is 11.9 Å². The highest BCUT2D eigenvalue weighted by Gasteiger charge is 2.31. The number of rotatable bonds is 6. The number of carbonyl (C=O) groups excluding carboxylic acids is 1. The van der Waals surface area contributed by atoms with Crippen molar-refractivity contribution in [2.45, 2.75) is 26.4 Å². The summed E-state index contributed by atoms with van der Waals surface area (Å²) in [4.78, 5) is 23.9. The van der Waals surface area contributed by atoms with Crippen LogP contribution in [0.1, 0.15) is 11.1 Å². The SMILES string of the molecule is Cc1ccc(F)c(CN2CCN(c3ccc(-c4cn(CC(F)F)c5ncnc(N)c45)c(F)c3)C2=O)c1. The first-order chi connectivity index (χ1) is 17.2. The molecular weight excluding hydrogens is 476 g/mol. The Balaban J connectivity index is 1.44. The lowest BCUT2D eigenvalue weighted by Gasteiger charge is -2.20. The minimum Gasteiger partial charge on any atom is -0.383 e. The van der Waals surface area contributed by atoms with Crippen LogP contribution in [0.3, 0.4) is 0 Å². The van der Waals surface area contributed by atoms with Crippen LogP contribution in [0.4, 0.5) is 33.9 Å². The van der Waals surface area contributed by atoms with Gasteiger partial charge in [0, 0.05) is 41.7 Å². The van der Waals surface area contributed by atoms with Crippen molar-refractivity contribution >= 4 is 28.6 Å². The molecule has 0 spiro atoms. The Morgan fingerprint density at radius 2 is 1.83 bits per heavy atom. The van der Waals surface area contributed by atoms with Crippen LogP contribution >= 0.6 is 0 Å².